The van der Waals surface area contributed by atoms with Gasteiger partial charge in [0.1, 0.15) is 9.22 Å². The highest BCUT2D eigenvalue weighted by Gasteiger charge is 2.15. The third kappa shape index (κ3) is 3.80. The minimum Gasteiger partial charge on any atom is -0.279 e. The van der Waals surface area contributed by atoms with Gasteiger partial charge in [0.25, 0.3) is 10.0 Å². The highest BCUT2D eigenvalue weighted by Crippen LogP contribution is 2.31. The summed E-state index contributed by atoms with van der Waals surface area (Å²) in [6, 6.07) is 18.7. The molecule has 0 atom stereocenters. The number of anilines is 1. The van der Waals surface area contributed by atoms with E-state index < -0.39 is 10.0 Å². The fraction of sp³-hybridized carbons (Fsp3) is 0.0500. The lowest BCUT2D eigenvalue weighted by Gasteiger charge is -2.06. The quantitative estimate of drug-likeness (QED) is 0.461. The van der Waals surface area contributed by atoms with E-state index in [0.717, 1.165) is 21.8 Å². The van der Waals surface area contributed by atoms with E-state index in [2.05, 4.69) is 23.8 Å². The molecular formula is C20H16N2O2S3. The molecule has 0 saturated heterocycles. The average molecular weight is 413 g/mol. The molecule has 0 radical (unpaired) electrons. The van der Waals surface area contributed by atoms with Crippen LogP contribution < -0.4 is 4.72 Å². The van der Waals surface area contributed by atoms with Gasteiger partial charge in [0, 0.05) is 22.2 Å². The number of thiophene rings is 1. The number of nitrogens with one attached hydrogen (secondary N) is 1. The molecule has 0 spiro atoms. The molecule has 0 saturated carbocycles. The van der Waals surface area contributed by atoms with Crippen molar-refractivity contribution in [2.75, 3.05) is 4.72 Å². The van der Waals surface area contributed by atoms with Crippen molar-refractivity contribution in [2.45, 2.75) is 11.1 Å². The molecule has 0 fully saturated rings. The molecule has 0 aliphatic rings. The Morgan fingerprint density at radius 3 is 2.41 bits per heavy atom. The number of hydrogen-bond donors (Lipinski definition) is 1. The number of hydrogen-bond acceptors (Lipinski definition) is 5. The summed E-state index contributed by atoms with van der Waals surface area (Å²) in [5.41, 5.74) is 4.68. The molecule has 0 bridgehead atoms. The Hall–Kier alpha value is -2.48. The van der Waals surface area contributed by atoms with Crippen LogP contribution in [0.3, 0.4) is 0 Å². The third-order valence-corrected chi connectivity index (χ3v) is 7.73. The van der Waals surface area contributed by atoms with E-state index in [0.29, 0.717) is 9.90 Å². The molecule has 136 valence electrons. The first-order valence-corrected chi connectivity index (χ1v) is 11.5. The number of rotatable bonds is 5. The van der Waals surface area contributed by atoms with E-state index in [9.17, 15) is 8.42 Å². The topological polar surface area (TPSA) is 59.1 Å². The van der Waals surface area contributed by atoms with Crippen molar-refractivity contribution in [3.05, 3.63) is 77.0 Å². The minimum absolute atomic E-state index is 0.300. The first kappa shape index (κ1) is 17.9. The maximum absolute atomic E-state index is 12.3. The number of nitrogens with zero attached hydrogens (tertiary/aromatic N) is 1. The van der Waals surface area contributed by atoms with E-state index in [4.69, 9.17) is 4.98 Å². The molecule has 0 amide bonds. The first-order valence-electron chi connectivity index (χ1n) is 8.21. The van der Waals surface area contributed by atoms with Crippen LogP contribution in [0.4, 0.5) is 5.69 Å². The van der Waals surface area contributed by atoms with E-state index >= 15 is 0 Å². The third-order valence-electron chi connectivity index (χ3n) is 4.07. The Kier molecular flexibility index (Phi) is 4.82. The van der Waals surface area contributed by atoms with Crippen LogP contribution in [0.1, 0.15) is 5.56 Å². The summed E-state index contributed by atoms with van der Waals surface area (Å²) < 4.78 is 27.5. The van der Waals surface area contributed by atoms with Gasteiger partial charge in [0.05, 0.1) is 5.69 Å². The lowest BCUT2D eigenvalue weighted by molar-refractivity contribution is 0.603. The average Bonchev–Trinajstić information content (AvgIpc) is 3.35. The largest absolute Gasteiger partial charge is 0.279 e. The Labute approximate surface area is 166 Å². The van der Waals surface area contributed by atoms with E-state index in [1.807, 2.05) is 29.6 Å². The van der Waals surface area contributed by atoms with Crippen LogP contribution >= 0.6 is 22.7 Å². The van der Waals surface area contributed by atoms with E-state index in [1.54, 1.807) is 41.0 Å². The van der Waals surface area contributed by atoms with Gasteiger partial charge in [-0.1, -0.05) is 42.5 Å². The second kappa shape index (κ2) is 7.26. The number of sulfonamides is 1. The van der Waals surface area contributed by atoms with E-state index in [1.165, 1.54) is 16.9 Å². The maximum atomic E-state index is 12.3. The second-order valence-electron chi connectivity index (χ2n) is 5.97. The first-order chi connectivity index (χ1) is 13.0. The number of aryl methyl sites for hydroxylation is 1. The van der Waals surface area contributed by atoms with Crippen LogP contribution in [0, 0.1) is 6.92 Å². The fourth-order valence-corrected chi connectivity index (χ4v) is 5.64. The molecule has 7 heteroatoms. The van der Waals surface area contributed by atoms with Crippen LogP contribution in [0.25, 0.3) is 21.8 Å². The van der Waals surface area contributed by atoms with Crippen molar-refractivity contribution in [1.29, 1.82) is 0 Å². The van der Waals surface area contributed by atoms with Crippen molar-refractivity contribution < 1.29 is 8.42 Å². The molecule has 1 N–H and O–H groups in total. The summed E-state index contributed by atoms with van der Waals surface area (Å²) in [6.45, 7) is 2.07. The summed E-state index contributed by atoms with van der Waals surface area (Å²) >= 11 is 2.79. The van der Waals surface area contributed by atoms with Crippen LogP contribution in [0.2, 0.25) is 0 Å². The van der Waals surface area contributed by atoms with Gasteiger partial charge in [0.15, 0.2) is 0 Å². The smallest absolute Gasteiger partial charge is 0.271 e. The fourth-order valence-electron chi connectivity index (χ4n) is 2.67. The molecule has 0 aliphatic carbocycles. The molecule has 2 aromatic heterocycles. The zero-order valence-corrected chi connectivity index (χ0v) is 16.9. The molecule has 4 nitrogen and oxygen atoms in total. The van der Waals surface area contributed by atoms with Gasteiger partial charge in [-0.15, -0.1) is 22.7 Å². The Morgan fingerprint density at radius 1 is 0.926 bits per heavy atom. The lowest BCUT2D eigenvalue weighted by atomic mass is 10.1. The normalized spacial score (nSPS) is 11.4. The van der Waals surface area contributed by atoms with Crippen molar-refractivity contribution in [1.82, 2.24) is 4.98 Å². The van der Waals surface area contributed by atoms with Gasteiger partial charge in [-0.05, 0) is 36.1 Å². The summed E-state index contributed by atoms with van der Waals surface area (Å²) in [5.74, 6) is 0. The molecule has 27 heavy (non-hydrogen) atoms. The van der Waals surface area contributed by atoms with Crippen molar-refractivity contribution in [2.24, 2.45) is 0 Å². The zero-order chi connectivity index (χ0) is 18.9. The predicted molar refractivity (Wildman–Crippen MR) is 113 cm³/mol. The summed E-state index contributed by atoms with van der Waals surface area (Å²) in [5, 5.41) is 4.74. The lowest BCUT2D eigenvalue weighted by Crippen LogP contribution is -2.11. The summed E-state index contributed by atoms with van der Waals surface area (Å²) in [4.78, 5) is 4.74. The van der Waals surface area contributed by atoms with Gasteiger partial charge in [-0.25, -0.2) is 13.4 Å². The summed E-state index contributed by atoms with van der Waals surface area (Å²) in [6.07, 6.45) is 0. The Bertz CT molecular complexity index is 1160. The standard InChI is InChI=1S/C20H16N2O2S3/c1-14-5-2-3-6-17(14)20-21-18(13-26-20)15-8-10-16(11-9-15)22-27(23,24)19-7-4-12-25-19/h2-13,22H,1H3. The zero-order valence-electron chi connectivity index (χ0n) is 14.4. The monoisotopic (exact) mass is 412 g/mol. The van der Waals surface area contributed by atoms with Crippen LogP contribution in [-0.2, 0) is 10.0 Å². The van der Waals surface area contributed by atoms with Gasteiger partial charge >= 0.3 is 0 Å². The van der Waals surface area contributed by atoms with Gasteiger partial charge in [-0.2, -0.15) is 0 Å². The number of aromatic nitrogens is 1. The van der Waals surface area contributed by atoms with Gasteiger partial charge in [0.2, 0.25) is 0 Å². The maximum Gasteiger partial charge on any atom is 0.271 e. The molecular weight excluding hydrogens is 396 g/mol. The molecule has 0 aliphatic heterocycles. The number of thiazole rings is 1. The molecule has 0 unspecified atom stereocenters. The van der Waals surface area contributed by atoms with Crippen LogP contribution in [0.15, 0.2) is 75.6 Å². The van der Waals surface area contributed by atoms with Gasteiger partial charge < -0.3 is 0 Å². The van der Waals surface area contributed by atoms with E-state index in [-0.39, 0.29) is 0 Å². The Morgan fingerprint density at radius 2 is 1.70 bits per heavy atom. The summed E-state index contributed by atoms with van der Waals surface area (Å²) in [7, 11) is -3.53. The molecule has 2 heterocycles. The second-order valence-corrected chi connectivity index (χ2v) is 9.68. The van der Waals surface area contributed by atoms with Crippen molar-refractivity contribution in [3.8, 4) is 21.8 Å². The molecule has 4 aromatic rings. The Balaban J connectivity index is 1.56. The highest BCUT2D eigenvalue weighted by atomic mass is 32.2. The van der Waals surface area contributed by atoms with Crippen LogP contribution in [-0.4, -0.2) is 13.4 Å². The van der Waals surface area contributed by atoms with Crippen molar-refractivity contribution >= 4 is 38.4 Å². The highest BCUT2D eigenvalue weighted by molar-refractivity contribution is 7.94. The predicted octanol–water partition coefficient (Wildman–Crippen LogP) is 5.65. The van der Waals surface area contributed by atoms with Crippen LogP contribution in [0.5, 0.6) is 0 Å². The number of benzene rings is 2. The molecule has 4 rings (SSSR count). The van der Waals surface area contributed by atoms with Crippen molar-refractivity contribution in [3.63, 3.8) is 0 Å². The van der Waals surface area contributed by atoms with Gasteiger partial charge in [-0.3, -0.25) is 4.72 Å². The molecule has 2 aromatic carbocycles. The SMILES string of the molecule is Cc1ccccc1-c1nc(-c2ccc(NS(=O)(=O)c3cccs3)cc2)cs1. The minimum atomic E-state index is -3.53.